The van der Waals surface area contributed by atoms with Crippen LogP contribution in [0.25, 0.3) is 0 Å². The van der Waals surface area contributed by atoms with Crippen LogP contribution in [0.1, 0.15) is 19.3 Å². The molecule has 0 bridgehead atoms. The molecule has 3 amide bonds. The van der Waals surface area contributed by atoms with E-state index in [9.17, 15) is 19.1 Å². The maximum atomic E-state index is 12.9. The number of hydrogen-bond acceptors (Lipinski definition) is 5. The minimum Gasteiger partial charge on any atom is -0.394 e. The van der Waals surface area contributed by atoms with Crippen molar-refractivity contribution in [3.05, 3.63) is 42.2 Å². The van der Waals surface area contributed by atoms with Crippen LogP contribution in [0.4, 0.5) is 14.9 Å². The third kappa shape index (κ3) is 6.79. The van der Waals surface area contributed by atoms with Gasteiger partial charge in [-0.25, -0.2) is 9.18 Å². The highest BCUT2D eigenvalue weighted by atomic mass is 19.1. The second kappa shape index (κ2) is 11.1. The normalized spacial score (nSPS) is 23.9. The maximum absolute atomic E-state index is 12.9. The molecule has 2 heterocycles. The summed E-state index contributed by atoms with van der Waals surface area (Å²) in [5, 5.41) is 17.8. The quantitative estimate of drug-likeness (QED) is 0.474. The first-order valence-electron chi connectivity index (χ1n) is 10.3. The lowest BCUT2D eigenvalue weighted by Gasteiger charge is -2.31. The SMILES string of the molecule is O=C(C[C@H]1C=C[C@@H](NC(=O)Nc2ccc(F)cc2)[C@H](CO)O1)NCCN1CCCC1. The molecule has 1 saturated heterocycles. The Bertz CT molecular complexity index is 737. The van der Waals surface area contributed by atoms with Crippen molar-refractivity contribution in [1.82, 2.24) is 15.5 Å². The minimum atomic E-state index is -0.670. The summed E-state index contributed by atoms with van der Waals surface area (Å²) in [5.74, 6) is -0.503. The van der Waals surface area contributed by atoms with Crippen LogP contribution in [-0.2, 0) is 9.53 Å². The van der Waals surface area contributed by atoms with Gasteiger partial charge in [-0.2, -0.15) is 0 Å². The molecule has 0 aromatic heterocycles. The number of aliphatic hydroxyl groups is 1. The maximum Gasteiger partial charge on any atom is 0.319 e. The van der Waals surface area contributed by atoms with E-state index in [1.165, 1.54) is 37.1 Å². The zero-order valence-electron chi connectivity index (χ0n) is 16.9. The molecule has 1 aromatic rings. The van der Waals surface area contributed by atoms with E-state index in [4.69, 9.17) is 4.74 Å². The van der Waals surface area contributed by atoms with Crippen LogP contribution in [0.5, 0.6) is 0 Å². The van der Waals surface area contributed by atoms with Crippen molar-refractivity contribution in [2.75, 3.05) is 38.1 Å². The molecule has 4 N–H and O–H groups in total. The van der Waals surface area contributed by atoms with Crippen molar-refractivity contribution in [1.29, 1.82) is 0 Å². The van der Waals surface area contributed by atoms with Crippen LogP contribution in [0.15, 0.2) is 36.4 Å². The molecule has 164 valence electrons. The average molecular weight is 420 g/mol. The first kappa shape index (κ1) is 22.2. The van der Waals surface area contributed by atoms with E-state index in [1.54, 1.807) is 12.2 Å². The Balaban J connectivity index is 1.43. The fraction of sp³-hybridized carbons (Fsp3) is 0.524. The summed E-state index contributed by atoms with van der Waals surface area (Å²) in [7, 11) is 0. The molecule has 0 aliphatic carbocycles. The van der Waals surface area contributed by atoms with Gasteiger partial charge in [0.1, 0.15) is 11.9 Å². The molecule has 0 saturated carbocycles. The minimum absolute atomic E-state index is 0.110. The highest BCUT2D eigenvalue weighted by Gasteiger charge is 2.29. The molecule has 0 radical (unpaired) electrons. The van der Waals surface area contributed by atoms with Crippen LogP contribution in [-0.4, -0.2) is 73.0 Å². The Morgan fingerprint density at radius 1 is 1.17 bits per heavy atom. The molecule has 1 aromatic carbocycles. The molecular weight excluding hydrogens is 391 g/mol. The molecule has 8 nitrogen and oxygen atoms in total. The lowest BCUT2D eigenvalue weighted by molar-refractivity contribution is -0.125. The number of benzene rings is 1. The standard InChI is InChI=1S/C21H29FN4O4/c22-15-3-5-16(6-4-15)24-21(29)25-18-8-7-17(30-19(18)14-27)13-20(28)23-9-12-26-10-1-2-11-26/h3-8,17-19,27H,1-2,9-14H2,(H,23,28)(H2,24,25,29)/t17-,18-,19+/m1/s1. The molecule has 3 rings (SSSR count). The fourth-order valence-corrected chi connectivity index (χ4v) is 3.60. The molecule has 1 fully saturated rings. The summed E-state index contributed by atoms with van der Waals surface area (Å²) in [6.07, 6.45) is 4.89. The average Bonchev–Trinajstić information content (AvgIpc) is 3.24. The van der Waals surface area contributed by atoms with Gasteiger partial charge in [0.15, 0.2) is 0 Å². The first-order chi connectivity index (χ1) is 14.5. The van der Waals surface area contributed by atoms with Crippen molar-refractivity contribution in [2.45, 2.75) is 37.5 Å². The van der Waals surface area contributed by atoms with Gasteiger partial charge in [-0.3, -0.25) is 4.79 Å². The molecule has 0 spiro atoms. The third-order valence-electron chi connectivity index (χ3n) is 5.20. The number of ether oxygens (including phenoxy) is 1. The van der Waals surface area contributed by atoms with Gasteiger partial charge in [0.2, 0.25) is 5.91 Å². The van der Waals surface area contributed by atoms with Gasteiger partial charge in [0.25, 0.3) is 0 Å². The van der Waals surface area contributed by atoms with E-state index in [1.807, 2.05) is 0 Å². The van der Waals surface area contributed by atoms with E-state index < -0.39 is 30.1 Å². The molecule has 0 unspecified atom stereocenters. The van der Waals surface area contributed by atoms with Crippen molar-refractivity contribution < 1.29 is 23.8 Å². The van der Waals surface area contributed by atoms with Gasteiger partial charge >= 0.3 is 6.03 Å². The Morgan fingerprint density at radius 2 is 1.90 bits per heavy atom. The van der Waals surface area contributed by atoms with Gasteiger partial charge < -0.3 is 30.7 Å². The lowest BCUT2D eigenvalue weighted by Crippen LogP contribution is -2.50. The fourth-order valence-electron chi connectivity index (χ4n) is 3.60. The molecule has 3 atom stereocenters. The van der Waals surface area contributed by atoms with Crippen molar-refractivity contribution in [2.24, 2.45) is 0 Å². The zero-order valence-corrected chi connectivity index (χ0v) is 16.9. The zero-order chi connectivity index (χ0) is 21.3. The largest absolute Gasteiger partial charge is 0.394 e. The van der Waals surface area contributed by atoms with Crippen molar-refractivity contribution in [3.8, 4) is 0 Å². The monoisotopic (exact) mass is 420 g/mol. The number of urea groups is 1. The van der Waals surface area contributed by atoms with E-state index >= 15 is 0 Å². The number of aliphatic hydroxyl groups excluding tert-OH is 1. The van der Waals surface area contributed by atoms with Gasteiger partial charge in [0, 0.05) is 18.8 Å². The number of carbonyl (C=O) groups excluding carboxylic acids is 2. The summed E-state index contributed by atoms with van der Waals surface area (Å²) in [5.41, 5.74) is 0.443. The summed E-state index contributed by atoms with van der Waals surface area (Å²) in [4.78, 5) is 26.6. The van der Waals surface area contributed by atoms with Gasteiger partial charge in [-0.15, -0.1) is 0 Å². The van der Waals surface area contributed by atoms with E-state index in [-0.39, 0.29) is 18.9 Å². The van der Waals surface area contributed by atoms with Crippen LogP contribution < -0.4 is 16.0 Å². The first-order valence-corrected chi connectivity index (χ1v) is 10.3. The Morgan fingerprint density at radius 3 is 2.60 bits per heavy atom. The molecule has 30 heavy (non-hydrogen) atoms. The highest BCUT2D eigenvalue weighted by molar-refractivity contribution is 5.89. The number of nitrogens with one attached hydrogen (secondary N) is 3. The van der Waals surface area contributed by atoms with Gasteiger partial charge in [-0.05, 0) is 50.2 Å². The van der Waals surface area contributed by atoms with Crippen LogP contribution in [0.2, 0.25) is 0 Å². The van der Waals surface area contributed by atoms with Crippen molar-refractivity contribution in [3.63, 3.8) is 0 Å². The topological polar surface area (TPSA) is 103 Å². The van der Waals surface area contributed by atoms with Crippen LogP contribution in [0, 0.1) is 5.82 Å². The summed E-state index contributed by atoms with van der Waals surface area (Å²) < 4.78 is 18.7. The number of hydrogen-bond donors (Lipinski definition) is 4. The smallest absolute Gasteiger partial charge is 0.319 e. The number of anilines is 1. The number of halogens is 1. The van der Waals surface area contributed by atoms with E-state index in [2.05, 4.69) is 20.9 Å². The lowest BCUT2D eigenvalue weighted by atomic mass is 10.0. The Hall–Kier alpha value is -2.49. The second-order valence-electron chi connectivity index (χ2n) is 7.51. The Kier molecular flexibility index (Phi) is 8.18. The number of likely N-dealkylation sites (tertiary alicyclic amines) is 1. The second-order valence-corrected chi connectivity index (χ2v) is 7.51. The number of nitrogens with zero attached hydrogens (tertiary/aromatic N) is 1. The number of rotatable bonds is 8. The molecule has 9 heteroatoms. The van der Waals surface area contributed by atoms with Crippen molar-refractivity contribution >= 4 is 17.6 Å². The highest BCUT2D eigenvalue weighted by Crippen LogP contribution is 2.16. The summed E-state index contributed by atoms with van der Waals surface area (Å²) in [6, 6.07) is 4.34. The van der Waals surface area contributed by atoms with E-state index in [0.29, 0.717) is 12.2 Å². The predicted molar refractivity (Wildman–Crippen MR) is 111 cm³/mol. The van der Waals surface area contributed by atoms with Crippen LogP contribution in [0.3, 0.4) is 0 Å². The van der Waals surface area contributed by atoms with Gasteiger partial charge in [-0.1, -0.05) is 12.2 Å². The molecule has 2 aliphatic rings. The third-order valence-corrected chi connectivity index (χ3v) is 5.20. The Labute approximate surface area is 175 Å². The summed E-state index contributed by atoms with van der Waals surface area (Å²) >= 11 is 0. The summed E-state index contributed by atoms with van der Waals surface area (Å²) in [6.45, 7) is 3.32. The predicted octanol–water partition coefficient (Wildman–Crippen LogP) is 1.23. The number of carbonyl (C=O) groups is 2. The van der Waals surface area contributed by atoms with Gasteiger partial charge in [0.05, 0.1) is 25.2 Å². The number of amides is 3. The van der Waals surface area contributed by atoms with Crippen LogP contribution >= 0.6 is 0 Å². The molecule has 2 aliphatic heterocycles. The molecular formula is C21H29FN4O4. The van der Waals surface area contributed by atoms with E-state index in [0.717, 1.165) is 19.6 Å².